The maximum Gasteiger partial charge on any atom is 0.261 e. The highest BCUT2D eigenvalue weighted by Gasteiger charge is 2.34. The van der Waals surface area contributed by atoms with Crippen molar-refractivity contribution in [3.05, 3.63) is 59.2 Å². The number of aryl methyl sites for hydroxylation is 1. The fourth-order valence-corrected chi connectivity index (χ4v) is 2.84. The van der Waals surface area contributed by atoms with Gasteiger partial charge in [-0.3, -0.25) is 19.3 Å². The second-order valence-electron chi connectivity index (χ2n) is 5.79. The first-order valence-electron chi connectivity index (χ1n) is 7.91. The monoisotopic (exact) mass is 338 g/mol. The van der Waals surface area contributed by atoms with Crippen molar-refractivity contribution in [1.29, 1.82) is 0 Å². The molecule has 1 aliphatic heterocycles. The molecule has 0 radical (unpaired) electrons. The van der Waals surface area contributed by atoms with Gasteiger partial charge in [0.15, 0.2) is 0 Å². The Kier molecular flexibility index (Phi) is 4.52. The first-order chi connectivity index (χ1) is 12.0. The van der Waals surface area contributed by atoms with Crippen molar-refractivity contribution in [3.63, 3.8) is 0 Å². The third-order valence-corrected chi connectivity index (χ3v) is 4.12. The first kappa shape index (κ1) is 16.7. The molecule has 6 nitrogen and oxygen atoms in total. The van der Waals surface area contributed by atoms with Crippen molar-refractivity contribution < 1.29 is 19.1 Å². The lowest BCUT2D eigenvalue weighted by Crippen LogP contribution is -2.32. The van der Waals surface area contributed by atoms with Crippen LogP contribution in [-0.4, -0.2) is 36.3 Å². The summed E-state index contributed by atoms with van der Waals surface area (Å²) in [4.78, 5) is 37.7. The number of hydrogen-bond acceptors (Lipinski definition) is 4. The number of imide groups is 1. The van der Waals surface area contributed by atoms with Gasteiger partial charge in [0.2, 0.25) is 5.91 Å². The van der Waals surface area contributed by atoms with Crippen LogP contribution in [0.4, 0.5) is 5.69 Å². The maximum absolute atomic E-state index is 12.3. The van der Waals surface area contributed by atoms with Crippen LogP contribution >= 0.6 is 0 Å². The largest absolute Gasteiger partial charge is 0.496 e. The van der Waals surface area contributed by atoms with Crippen LogP contribution in [0.25, 0.3) is 0 Å². The number of ether oxygens (including phenoxy) is 1. The quantitative estimate of drug-likeness (QED) is 0.851. The average molecular weight is 338 g/mol. The summed E-state index contributed by atoms with van der Waals surface area (Å²) in [6.45, 7) is 1.93. The summed E-state index contributed by atoms with van der Waals surface area (Å²) < 4.78 is 5.18. The maximum atomic E-state index is 12.3. The molecule has 3 rings (SSSR count). The van der Waals surface area contributed by atoms with Gasteiger partial charge in [-0.2, -0.15) is 0 Å². The van der Waals surface area contributed by atoms with Crippen molar-refractivity contribution in [2.75, 3.05) is 19.0 Å². The van der Waals surface area contributed by atoms with Gasteiger partial charge in [-0.15, -0.1) is 0 Å². The number of carbonyl (C=O) groups excluding carboxylic acids is 3. The highest BCUT2D eigenvalue weighted by molar-refractivity contribution is 6.21. The van der Waals surface area contributed by atoms with Crippen molar-refractivity contribution in [3.8, 4) is 5.75 Å². The Morgan fingerprint density at radius 1 is 1.08 bits per heavy atom. The van der Waals surface area contributed by atoms with Crippen LogP contribution in [0.15, 0.2) is 42.5 Å². The molecule has 2 aromatic rings. The second kappa shape index (κ2) is 6.76. The molecule has 0 fully saturated rings. The van der Waals surface area contributed by atoms with Gasteiger partial charge in [-0.1, -0.05) is 12.1 Å². The van der Waals surface area contributed by atoms with E-state index in [1.54, 1.807) is 49.6 Å². The molecule has 3 amide bonds. The van der Waals surface area contributed by atoms with Gasteiger partial charge in [0.05, 0.1) is 18.2 Å². The van der Waals surface area contributed by atoms with Gasteiger partial charge in [-0.05, 0) is 42.8 Å². The molecular formula is C19H18N2O4. The van der Waals surface area contributed by atoms with E-state index in [2.05, 4.69) is 5.32 Å². The Morgan fingerprint density at radius 2 is 1.72 bits per heavy atom. The molecule has 1 N–H and O–H groups in total. The second-order valence-corrected chi connectivity index (χ2v) is 5.79. The van der Waals surface area contributed by atoms with E-state index in [-0.39, 0.29) is 30.7 Å². The molecule has 6 heteroatoms. The number of rotatable bonds is 5. The van der Waals surface area contributed by atoms with E-state index in [1.165, 1.54) is 0 Å². The highest BCUT2D eigenvalue weighted by atomic mass is 16.5. The smallest absolute Gasteiger partial charge is 0.261 e. The van der Waals surface area contributed by atoms with Gasteiger partial charge < -0.3 is 10.1 Å². The third-order valence-electron chi connectivity index (χ3n) is 4.12. The number of nitrogens with zero attached hydrogens (tertiary/aromatic N) is 1. The predicted octanol–water partition coefficient (Wildman–Crippen LogP) is 2.63. The van der Waals surface area contributed by atoms with Crippen LogP contribution in [0.2, 0.25) is 0 Å². The number of anilines is 1. The summed E-state index contributed by atoms with van der Waals surface area (Å²) >= 11 is 0. The third kappa shape index (κ3) is 3.24. The minimum atomic E-state index is -0.353. The average Bonchev–Trinajstić information content (AvgIpc) is 2.85. The number of fused-ring (bicyclic) bond motifs is 1. The first-order valence-corrected chi connectivity index (χ1v) is 7.91. The summed E-state index contributed by atoms with van der Waals surface area (Å²) in [5.41, 5.74) is 2.32. The van der Waals surface area contributed by atoms with Crippen molar-refractivity contribution in [1.82, 2.24) is 4.90 Å². The molecule has 0 unspecified atom stereocenters. The van der Waals surface area contributed by atoms with Gasteiger partial charge in [0.1, 0.15) is 5.75 Å². The number of nitrogens with one attached hydrogen (secondary N) is 1. The van der Waals surface area contributed by atoms with Crippen molar-refractivity contribution in [2.45, 2.75) is 13.3 Å². The van der Waals surface area contributed by atoms with E-state index in [0.29, 0.717) is 16.8 Å². The van der Waals surface area contributed by atoms with Crippen LogP contribution < -0.4 is 10.1 Å². The molecule has 0 spiro atoms. The molecule has 1 heterocycles. The van der Waals surface area contributed by atoms with Crippen LogP contribution in [-0.2, 0) is 4.79 Å². The minimum Gasteiger partial charge on any atom is -0.496 e. The zero-order valence-corrected chi connectivity index (χ0v) is 14.0. The SMILES string of the molecule is COc1ccc(NC(=O)CCN2C(=O)c3ccccc3C2=O)cc1C. The van der Waals surface area contributed by atoms with E-state index in [0.717, 1.165) is 16.2 Å². The Balaban J connectivity index is 1.61. The molecule has 25 heavy (non-hydrogen) atoms. The lowest BCUT2D eigenvalue weighted by atomic mass is 10.1. The predicted molar refractivity (Wildman–Crippen MR) is 92.8 cm³/mol. The van der Waals surface area contributed by atoms with Crippen LogP contribution in [0, 0.1) is 6.92 Å². The van der Waals surface area contributed by atoms with E-state index in [9.17, 15) is 14.4 Å². The highest BCUT2D eigenvalue weighted by Crippen LogP contribution is 2.23. The van der Waals surface area contributed by atoms with Gasteiger partial charge >= 0.3 is 0 Å². The number of benzene rings is 2. The summed E-state index contributed by atoms with van der Waals surface area (Å²) in [7, 11) is 1.59. The summed E-state index contributed by atoms with van der Waals surface area (Å²) in [5.74, 6) is -0.229. The molecule has 0 saturated carbocycles. The molecule has 2 aromatic carbocycles. The molecule has 0 aliphatic carbocycles. The lowest BCUT2D eigenvalue weighted by molar-refractivity contribution is -0.116. The fraction of sp³-hybridized carbons (Fsp3) is 0.211. The zero-order chi connectivity index (χ0) is 18.0. The molecule has 0 atom stereocenters. The van der Waals surface area contributed by atoms with Gasteiger partial charge in [0.25, 0.3) is 11.8 Å². The summed E-state index contributed by atoms with van der Waals surface area (Å²) in [6.07, 6.45) is 0.0382. The number of hydrogen-bond donors (Lipinski definition) is 1. The van der Waals surface area contributed by atoms with Crippen molar-refractivity contribution >= 4 is 23.4 Å². The van der Waals surface area contributed by atoms with E-state index < -0.39 is 0 Å². The van der Waals surface area contributed by atoms with Gasteiger partial charge in [0, 0.05) is 18.7 Å². The number of carbonyl (C=O) groups is 3. The standard InChI is InChI=1S/C19H18N2O4/c1-12-11-13(7-8-16(12)25-2)20-17(22)9-10-21-18(23)14-5-3-4-6-15(14)19(21)24/h3-8,11H,9-10H2,1-2H3,(H,20,22). The molecule has 128 valence electrons. The van der Waals surface area contributed by atoms with Crippen molar-refractivity contribution in [2.24, 2.45) is 0 Å². The molecule has 0 saturated heterocycles. The Labute approximate surface area is 145 Å². The zero-order valence-electron chi connectivity index (χ0n) is 14.0. The van der Waals surface area contributed by atoms with Crippen LogP contribution in [0.5, 0.6) is 5.75 Å². The van der Waals surface area contributed by atoms with Crippen LogP contribution in [0.1, 0.15) is 32.7 Å². The van der Waals surface area contributed by atoms with E-state index >= 15 is 0 Å². The molecular weight excluding hydrogens is 320 g/mol. The molecule has 0 bridgehead atoms. The van der Waals surface area contributed by atoms with E-state index in [1.807, 2.05) is 6.92 Å². The topological polar surface area (TPSA) is 75.7 Å². The molecule has 1 aliphatic rings. The normalized spacial score (nSPS) is 13.0. The Morgan fingerprint density at radius 3 is 2.28 bits per heavy atom. The Hall–Kier alpha value is -3.15. The fourth-order valence-electron chi connectivity index (χ4n) is 2.84. The number of amides is 3. The Bertz CT molecular complexity index is 825. The molecule has 0 aromatic heterocycles. The van der Waals surface area contributed by atoms with E-state index in [4.69, 9.17) is 4.74 Å². The summed E-state index contributed by atoms with van der Waals surface area (Å²) in [5, 5.41) is 2.77. The van der Waals surface area contributed by atoms with Crippen LogP contribution in [0.3, 0.4) is 0 Å². The van der Waals surface area contributed by atoms with Gasteiger partial charge in [-0.25, -0.2) is 0 Å². The summed E-state index contributed by atoms with van der Waals surface area (Å²) in [6, 6.07) is 12.0. The lowest BCUT2D eigenvalue weighted by Gasteiger charge is -2.14. The number of methoxy groups -OCH3 is 1. The minimum absolute atomic E-state index is 0.0382.